The Kier molecular flexibility index (Phi) is 2.54. The summed E-state index contributed by atoms with van der Waals surface area (Å²) in [6, 6.07) is 1.74. The predicted molar refractivity (Wildman–Crippen MR) is 51.1 cm³/mol. The van der Waals surface area contributed by atoms with Gasteiger partial charge in [-0.2, -0.15) is 0 Å². The molecule has 2 heterocycles. The third kappa shape index (κ3) is 1.80. The highest BCUT2D eigenvalue weighted by Gasteiger charge is 2.22. The Labute approximate surface area is 86.2 Å². The number of hydrogen-bond donors (Lipinski definition) is 1. The van der Waals surface area contributed by atoms with Gasteiger partial charge in [0.15, 0.2) is 0 Å². The van der Waals surface area contributed by atoms with Crippen LogP contribution in [0.4, 0.5) is 4.79 Å². The lowest BCUT2D eigenvalue weighted by Gasteiger charge is -2.24. The molecule has 0 spiro atoms. The molecule has 0 radical (unpaired) electrons. The first-order valence-electron chi connectivity index (χ1n) is 4.30. The van der Waals surface area contributed by atoms with Crippen LogP contribution in [-0.2, 0) is 4.74 Å². The predicted octanol–water partition coefficient (Wildman–Crippen LogP) is 1.91. The molecule has 0 aromatic carbocycles. The fraction of sp³-hybridized carbons (Fsp3) is 0.333. The topological polar surface area (TPSA) is 51.2 Å². The summed E-state index contributed by atoms with van der Waals surface area (Å²) in [5.41, 5.74) is 0.887. The van der Waals surface area contributed by atoms with E-state index in [2.05, 4.69) is 10.3 Å². The van der Waals surface area contributed by atoms with Gasteiger partial charge in [0.1, 0.15) is 0 Å². The molecule has 14 heavy (non-hydrogen) atoms. The summed E-state index contributed by atoms with van der Waals surface area (Å²) in [6.45, 7) is 0.426. The number of alkyl carbamates (subject to hydrolysis) is 1. The van der Waals surface area contributed by atoms with E-state index in [0.717, 1.165) is 12.0 Å². The average molecular weight is 213 g/mol. The number of aromatic nitrogens is 1. The van der Waals surface area contributed by atoms with Crippen LogP contribution in [0.25, 0.3) is 0 Å². The normalized spacial score (nSPS) is 21.2. The Bertz CT molecular complexity index is 356. The average Bonchev–Trinajstić information content (AvgIpc) is 2.18. The number of hydrogen-bond acceptors (Lipinski definition) is 3. The maximum Gasteiger partial charge on any atom is 0.407 e. The van der Waals surface area contributed by atoms with Crippen molar-refractivity contribution in [1.82, 2.24) is 10.3 Å². The van der Waals surface area contributed by atoms with E-state index in [-0.39, 0.29) is 6.04 Å². The maximum atomic E-state index is 11.0. The second-order valence-electron chi connectivity index (χ2n) is 3.02. The number of halogens is 1. The van der Waals surface area contributed by atoms with Crippen LogP contribution in [0.3, 0.4) is 0 Å². The van der Waals surface area contributed by atoms with E-state index < -0.39 is 6.09 Å². The van der Waals surface area contributed by atoms with Crippen LogP contribution in [0.1, 0.15) is 18.0 Å². The number of pyridine rings is 1. The molecule has 0 saturated carbocycles. The van der Waals surface area contributed by atoms with Gasteiger partial charge in [0.2, 0.25) is 0 Å². The zero-order valence-corrected chi connectivity index (χ0v) is 8.12. The van der Waals surface area contributed by atoms with Crippen molar-refractivity contribution in [2.75, 3.05) is 6.61 Å². The Morgan fingerprint density at radius 2 is 2.50 bits per heavy atom. The van der Waals surface area contributed by atoms with E-state index in [1.807, 2.05) is 0 Å². The van der Waals surface area contributed by atoms with Crippen molar-refractivity contribution in [1.29, 1.82) is 0 Å². The highest BCUT2D eigenvalue weighted by atomic mass is 35.5. The van der Waals surface area contributed by atoms with Crippen LogP contribution in [0.2, 0.25) is 5.02 Å². The molecule has 1 aliphatic heterocycles. The number of rotatable bonds is 1. The van der Waals surface area contributed by atoms with Crippen molar-refractivity contribution in [2.45, 2.75) is 12.5 Å². The first-order valence-corrected chi connectivity index (χ1v) is 4.68. The number of carbonyl (C=O) groups excluding carboxylic acids is 1. The van der Waals surface area contributed by atoms with E-state index in [1.54, 1.807) is 18.5 Å². The van der Waals surface area contributed by atoms with E-state index in [9.17, 15) is 4.79 Å². The minimum Gasteiger partial charge on any atom is -0.449 e. The zero-order chi connectivity index (χ0) is 9.97. The lowest BCUT2D eigenvalue weighted by molar-refractivity contribution is 0.115. The molecular weight excluding hydrogens is 204 g/mol. The molecule has 74 valence electrons. The summed E-state index contributed by atoms with van der Waals surface area (Å²) in [7, 11) is 0. The van der Waals surface area contributed by atoms with Gasteiger partial charge in [0, 0.05) is 18.8 Å². The number of ether oxygens (including phenoxy) is 1. The second-order valence-corrected chi connectivity index (χ2v) is 3.43. The molecule has 1 saturated heterocycles. The molecule has 1 amide bonds. The summed E-state index contributed by atoms with van der Waals surface area (Å²) in [5.74, 6) is 0. The largest absolute Gasteiger partial charge is 0.449 e. The van der Waals surface area contributed by atoms with Gasteiger partial charge in [-0.1, -0.05) is 11.6 Å². The highest BCUT2D eigenvalue weighted by Crippen LogP contribution is 2.25. The molecule has 1 aromatic rings. The van der Waals surface area contributed by atoms with Crippen molar-refractivity contribution < 1.29 is 9.53 Å². The van der Waals surface area contributed by atoms with Crippen molar-refractivity contribution in [3.63, 3.8) is 0 Å². The van der Waals surface area contributed by atoms with Gasteiger partial charge in [0.05, 0.1) is 17.7 Å². The number of cyclic esters (lactones) is 1. The van der Waals surface area contributed by atoms with Crippen LogP contribution < -0.4 is 5.32 Å². The van der Waals surface area contributed by atoms with Gasteiger partial charge in [-0.05, 0) is 11.6 Å². The third-order valence-corrected chi connectivity index (χ3v) is 2.43. The molecule has 4 nitrogen and oxygen atoms in total. The monoisotopic (exact) mass is 212 g/mol. The van der Waals surface area contributed by atoms with Crippen molar-refractivity contribution in [3.8, 4) is 0 Å². The standard InChI is InChI=1S/C9H9ClN2O2/c10-7-5-11-3-1-6(7)8-2-4-14-9(13)12-8/h1,3,5,8H,2,4H2,(H,12,13). The second kappa shape index (κ2) is 3.84. The van der Waals surface area contributed by atoms with Crippen LogP contribution >= 0.6 is 11.6 Å². The molecule has 1 aliphatic rings. The quantitative estimate of drug-likeness (QED) is 0.774. The summed E-state index contributed by atoms with van der Waals surface area (Å²) in [4.78, 5) is 14.8. The summed E-state index contributed by atoms with van der Waals surface area (Å²) in [5, 5.41) is 3.27. The number of nitrogens with zero attached hydrogens (tertiary/aromatic N) is 1. The van der Waals surface area contributed by atoms with E-state index in [4.69, 9.17) is 16.3 Å². The minimum absolute atomic E-state index is 0.0632. The number of carbonyl (C=O) groups is 1. The van der Waals surface area contributed by atoms with Crippen LogP contribution in [0.15, 0.2) is 18.5 Å². The fourth-order valence-corrected chi connectivity index (χ4v) is 1.68. The number of nitrogens with one attached hydrogen (secondary N) is 1. The lowest BCUT2D eigenvalue weighted by Crippen LogP contribution is -2.35. The van der Waals surface area contributed by atoms with Gasteiger partial charge in [-0.25, -0.2) is 4.79 Å². The maximum absolute atomic E-state index is 11.0. The van der Waals surface area contributed by atoms with Crippen molar-refractivity contribution in [3.05, 3.63) is 29.0 Å². The SMILES string of the molecule is O=C1NC(c2ccncc2Cl)CCO1. The molecule has 1 fully saturated rings. The van der Waals surface area contributed by atoms with E-state index in [1.165, 1.54) is 0 Å². The smallest absolute Gasteiger partial charge is 0.407 e. The van der Waals surface area contributed by atoms with Gasteiger partial charge < -0.3 is 10.1 Å². The van der Waals surface area contributed by atoms with Gasteiger partial charge in [0.25, 0.3) is 0 Å². The Hall–Kier alpha value is -1.29. The molecular formula is C9H9ClN2O2. The van der Waals surface area contributed by atoms with Gasteiger partial charge in [-0.3, -0.25) is 4.98 Å². The Morgan fingerprint density at radius 1 is 1.64 bits per heavy atom. The van der Waals surface area contributed by atoms with Gasteiger partial charge >= 0.3 is 6.09 Å². The summed E-state index contributed by atoms with van der Waals surface area (Å²) in [6.07, 6.45) is 3.56. The molecule has 0 aliphatic carbocycles. The first kappa shape index (κ1) is 9.27. The van der Waals surface area contributed by atoms with Crippen LogP contribution in [0.5, 0.6) is 0 Å². The molecule has 0 bridgehead atoms. The Balaban J connectivity index is 2.22. The first-order chi connectivity index (χ1) is 6.77. The molecule has 1 aromatic heterocycles. The van der Waals surface area contributed by atoms with Crippen LogP contribution in [-0.4, -0.2) is 17.7 Å². The summed E-state index contributed by atoms with van der Waals surface area (Å²) >= 11 is 5.95. The molecule has 1 unspecified atom stereocenters. The van der Waals surface area contributed by atoms with E-state index >= 15 is 0 Å². The minimum atomic E-state index is -0.394. The zero-order valence-electron chi connectivity index (χ0n) is 7.37. The summed E-state index contributed by atoms with van der Waals surface area (Å²) < 4.78 is 4.76. The molecule has 1 atom stereocenters. The molecule has 5 heteroatoms. The van der Waals surface area contributed by atoms with Gasteiger partial charge in [-0.15, -0.1) is 0 Å². The lowest BCUT2D eigenvalue weighted by atomic mass is 10.1. The Morgan fingerprint density at radius 3 is 3.21 bits per heavy atom. The fourth-order valence-electron chi connectivity index (χ4n) is 1.43. The van der Waals surface area contributed by atoms with Crippen LogP contribution in [0, 0.1) is 0 Å². The highest BCUT2D eigenvalue weighted by molar-refractivity contribution is 6.31. The van der Waals surface area contributed by atoms with Crippen molar-refractivity contribution in [2.24, 2.45) is 0 Å². The number of amides is 1. The van der Waals surface area contributed by atoms with E-state index in [0.29, 0.717) is 11.6 Å². The molecule has 2 rings (SSSR count). The van der Waals surface area contributed by atoms with Crippen molar-refractivity contribution >= 4 is 17.7 Å². The third-order valence-electron chi connectivity index (χ3n) is 2.11. The molecule has 1 N–H and O–H groups in total.